The zero-order valence-corrected chi connectivity index (χ0v) is 18.5. The van der Waals surface area contributed by atoms with Crippen LogP contribution in [0.2, 0.25) is 19.6 Å². The van der Waals surface area contributed by atoms with Gasteiger partial charge in [0.2, 0.25) is 0 Å². The Morgan fingerprint density at radius 3 is 2.32 bits per heavy atom. The molecule has 0 saturated carbocycles. The monoisotopic (exact) mass is 412 g/mol. The molecule has 146 valence electrons. The SMILES string of the molecule is COc1cc(N)c(C#C[Si](C)(C)C)c2ccn(S(=O)(=O)c3ccc(C)cc3)c12. The summed E-state index contributed by atoms with van der Waals surface area (Å²) in [5.74, 6) is 3.58. The van der Waals surface area contributed by atoms with Gasteiger partial charge in [0, 0.05) is 17.6 Å². The number of methoxy groups -OCH3 is 1. The maximum absolute atomic E-state index is 13.2. The van der Waals surface area contributed by atoms with Crippen LogP contribution in [-0.4, -0.2) is 27.6 Å². The molecule has 5 nitrogen and oxygen atoms in total. The molecule has 0 aliphatic carbocycles. The van der Waals surface area contributed by atoms with Crippen molar-refractivity contribution >= 4 is 34.7 Å². The molecule has 0 spiro atoms. The highest BCUT2D eigenvalue weighted by Crippen LogP contribution is 2.35. The summed E-state index contributed by atoms with van der Waals surface area (Å²) in [4.78, 5) is 0.212. The average Bonchev–Trinajstić information content (AvgIpc) is 3.05. The van der Waals surface area contributed by atoms with Crippen LogP contribution < -0.4 is 10.5 Å². The summed E-state index contributed by atoms with van der Waals surface area (Å²) < 4.78 is 33.2. The Morgan fingerprint density at radius 2 is 1.75 bits per heavy atom. The Hall–Kier alpha value is -2.69. The van der Waals surface area contributed by atoms with Crippen LogP contribution in [0.4, 0.5) is 5.69 Å². The highest BCUT2D eigenvalue weighted by molar-refractivity contribution is 7.90. The minimum absolute atomic E-state index is 0.212. The predicted molar refractivity (Wildman–Crippen MR) is 117 cm³/mol. The smallest absolute Gasteiger partial charge is 0.268 e. The number of aromatic nitrogens is 1. The van der Waals surface area contributed by atoms with Crippen LogP contribution in [-0.2, 0) is 10.0 Å². The fraction of sp³-hybridized carbons (Fsp3) is 0.238. The van der Waals surface area contributed by atoms with Gasteiger partial charge in [-0.3, -0.25) is 0 Å². The lowest BCUT2D eigenvalue weighted by Gasteiger charge is -2.13. The molecule has 0 aliphatic heterocycles. The molecule has 2 aromatic carbocycles. The highest BCUT2D eigenvalue weighted by Gasteiger charge is 2.23. The lowest BCUT2D eigenvalue weighted by Crippen LogP contribution is -2.16. The van der Waals surface area contributed by atoms with Gasteiger partial charge >= 0.3 is 0 Å². The zero-order valence-electron chi connectivity index (χ0n) is 16.7. The van der Waals surface area contributed by atoms with E-state index in [1.54, 1.807) is 36.4 Å². The van der Waals surface area contributed by atoms with E-state index in [4.69, 9.17) is 10.5 Å². The lowest BCUT2D eigenvalue weighted by molar-refractivity contribution is 0.418. The van der Waals surface area contributed by atoms with E-state index in [-0.39, 0.29) is 4.90 Å². The van der Waals surface area contributed by atoms with Crippen molar-refractivity contribution in [2.24, 2.45) is 0 Å². The molecule has 0 atom stereocenters. The van der Waals surface area contributed by atoms with Crippen LogP contribution in [0.25, 0.3) is 10.9 Å². The molecule has 0 unspecified atom stereocenters. The van der Waals surface area contributed by atoms with Crippen molar-refractivity contribution in [2.75, 3.05) is 12.8 Å². The third-order valence-corrected chi connectivity index (χ3v) is 6.86. The van der Waals surface area contributed by atoms with Crippen LogP contribution in [0.5, 0.6) is 5.75 Å². The van der Waals surface area contributed by atoms with Gasteiger partial charge in [-0.25, -0.2) is 12.4 Å². The highest BCUT2D eigenvalue weighted by atomic mass is 32.2. The van der Waals surface area contributed by atoms with Crippen molar-refractivity contribution in [3.8, 4) is 17.2 Å². The van der Waals surface area contributed by atoms with Crippen molar-refractivity contribution in [1.29, 1.82) is 0 Å². The molecular formula is C21H24N2O3SSi. The summed E-state index contributed by atoms with van der Waals surface area (Å²) >= 11 is 0. The van der Waals surface area contributed by atoms with Gasteiger partial charge in [0.05, 0.1) is 23.3 Å². The second kappa shape index (κ2) is 7.04. The first-order chi connectivity index (χ1) is 13.0. The molecule has 7 heteroatoms. The van der Waals surface area contributed by atoms with Crippen LogP contribution in [0.15, 0.2) is 47.5 Å². The Morgan fingerprint density at radius 1 is 1.11 bits per heavy atom. The summed E-state index contributed by atoms with van der Waals surface area (Å²) in [6, 6.07) is 10.1. The molecule has 3 aromatic rings. The van der Waals surface area contributed by atoms with Crippen molar-refractivity contribution in [3.05, 3.63) is 53.7 Å². The van der Waals surface area contributed by atoms with Crippen LogP contribution >= 0.6 is 0 Å². The van der Waals surface area contributed by atoms with Gasteiger partial charge in [0.1, 0.15) is 19.3 Å². The number of nitrogens with two attached hydrogens (primary N) is 1. The van der Waals surface area contributed by atoms with Crippen molar-refractivity contribution in [3.63, 3.8) is 0 Å². The number of anilines is 1. The maximum Gasteiger partial charge on any atom is 0.268 e. The zero-order chi connectivity index (χ0) is 20.7. The van der Waals surface area contributed by atoms with Gasteiger partial charge in [0.15, 0.2) is 0 Å². The Bertz CT molecular complexity index is 1210. The number of fused-ring (bicyclic) bond motifs is 1. The van der Waals surface area contributed by atoms with E-state index in [0.29, 0.717) is 27.9 Å². The van der Waals surface area contributed by atoms with E-state index in [9.17, 15) is 8.42 Å². The molecular weight excluding hydrogens is 388 g/mol. The first kappa shape index (κ1) is 20.1. The summed E-state index contributed by atoms with van der Waals surface area (Å²) in [7, 11) is -3.92. The topological polar surface area (TPSA) is 74.3 Å². The summed E-state index contributed by atoms with van der Waals surface area (Å²) in [6.07, 6.45) is 1.53. The summed E-state index contributed by atoms with van der Waals surface area (Å²) in [5.41, 5.74) is 12.1. The Kier molecular flexibility index (Phi) is 5.04. The van der Waals surface area contributed by atoms with E-state index >= 15 is 0 Å². The summed E-state index contributed by atoms with van der Waals surface area (Å²) in [6.45, 7) is 8.34. The lowest BCUT2D eigenvalue weighted by atomic mass is 10.1. The minimum atomic E-state index is -3.79. The predicted octanol–water partition coefficient (Wildman–Crippen LogP) is 4.01. The molecule has 0 bridgehead atoms. The second-order valence-electron chi connectivity index (χ2n) is 7.73. The van der Waals surface area contributed by atoms with E-state index in [1.807, 2.05) is 6.92 Å². The molecule has 0 amide bonds. The number of aryl methyl sites for hydroxylation is 1. The van der Waals surface area contributed by atoms with E-state index in [1.165, 1.54) is 17.3 Å². The summed E-state index contributed by atoms with van der Waals surface area (Å²) in [5, 5.41) is 0.665. The average molecular weight is 413 g/mol. The third kappa shape index (κ3) is 3.66. The van der Waals surface area contributed by atoms with Gasteiger partial charge in [-0.05, 0) is 25.1 Å². The molecule has 0 fully saturated rings. The van der Waals surface area contributed by atoms with Crippen molar-refractivity contribution in [1.82, 2.24) is 3.97 Å². The molecule has 0 radical (unpaired) electrons. The number of benzene rings is 2. The van der Waals surface area contributed by atoms with Crippen molar-refractivity contribution < 1.29 is 13.2 Å². The normalized spacial score (nSPS) is 11.9. The van der Waals surface area contributed by atoms with Crippen molar-refractivity contribution in [2.45, 2.75) is 31.5 Å². The third-order valence-electron chi connectivity index (χ3n) is 4.29. The standard InChI is InChI=1S/C21H24N2O3SSi/c1-15-6-8-16(9-7-15)27(24,25)23-12-10-18-17(11-13-28(3,4)5)19(22)14-20(26-2)21(18)23/h6-10,12,14H,22H2,1-5H3. The number of rotatable bonds is 3. The molecule has 1 heterocycles. The Labute approximate surface area is 167 Å². The largest absolute Gasteiger partial charge is 0.494 e. The van der Waals surface area contributed by atoms with E-state index in [0.717, 1.165) is 5.56 Å². The first-order valence-electron chi connectivity index (χ1n) is 8.87. The quantitative estimate of drug-likeness (QED) is 0.401. The molecule has 28 heavy (non-hydrogen) atoms. The minimum Gasteiger partial charge on any atom is -0.494 e. The van der Waals surface area contributed by atoms with Gasteiger partial charge in [0.25, 0.3) is 10.0 Å². The molecule has 0 aliphatic rings. The Balaban J connectivity index is 2.31. The van der Waals surface area contributed by atoms with Crippen LogP contribution in [0, 0.1) is 18.4 Å². The number of ether oxygens (including phenoxy) is 1. The number of hydrogen-bond donors (Lipinski definition) is 1. The van der Waals surface area contributed by atoms with Gasteiger partial charge in [-0.15, -0.1) is 5.54 Å². The van der Waals surface area contributed by atoms with Gasteiger partial charge < -0.3 is 10.5 Å². The molecule has 1 aromatic heterocycles. The van der Waals surface area contributed by atoms with E-state index in [2.05, 4.69) is 31.1 Å². The number of nitrogen functional groups attached to an aromatic ring is 1. The van der Waals surface area contributed by atoms with Gasteiger partial charge in [-0.1, -0.05) is 43.3 Å². The fourth-order valence-electron chi connectivity index (χ4n) is 2.86. The molecule has 0 saturated heterocycles. The first-order valence-corrected chi connectivity index (χ1v) is 13.8. The fourth-order valence-corrected chi connectivity index (χ4v) is 4.72. The number of nitrogens with zero attached hydrogens (tertiary/aromatic N) is 1. The van der Waals surface area contributed by atoms with Gasteiger partial charge in [-0.2, -0.15) is 0 Å². The molecule has 2 N–H and O–H groups in total. The van der Waals surface area contributed by atoms with Crippen LogP contribution in [0.3, 0.4) is 0 Å². The van der Waals surface area contributed by atoms with Crippen LogP contribution in [0.1, 0.15) is 11.1 Å². The maximum atomic E-state index is 13.2. The second-order valence-corrected chi connectivity index (χ2v) is 14.3. The number of hydrogen-bond acceptors (Lipinski definition) is 4. The van der Waals surface area contributed by atoms with E-state index < -0.39 is 18.1 Å². The molecule has 3 rings (SSSR count).